The number of thioether (sulfide) groups is 1. The van der Waals surface area contributed by atoms with Gasteiger partial charge < -0.3 is 19.3 Å². The molecule has 3 amide bonds. The molecule has 0 aromatic heterocycles. The third kappa shape index (κ3) is 21.3. The molecule has 1 atom stereocenters. The van der Waals surface area contributed by atoms with E-state index in [-0.39, 0.29) is 39.5 Å². The number of cyclic esters (lactones) is 3. The Morgan fingerprint density at radius 2 is 1.19 bits per heavy atom. The number of rotatable bonds is 1. The fourth-order valence-electron chi connectivity index (χ4n) is 2.15. The SMILES string of the molecule is C.C.C.CC(C)C.CC(C)C.CC(C)C1C(=O)OC(=O)N1C.CN1CCOC1=O.CN1CCSC1=O. The molecule has 36 heavy (non-hydrogen) atoms. The highest BCUT2D eigenvalue weighted by molar-refractivity contribution is 8.13. The molecule has 218 valence electrons. The van der Waals surface area contributed by atoms with Gasteiger partial charge in [-0.15, -0.1) is 0 Å². The van der Waals surface area contributed by atoms with Crippen LogP contribution in [-0.4, -0.2) is 90.7 Å². The minimum absolute atomic E-state index is 0. The number of amides is 3. The van der Waals surface area contributed by atoms with Gasteiger partial charge in [-0.2, -0.15) is 0 Å². The molecule has 3 aliphatic heterocycles. The summed E-state index contributed by atoms with van der Waals surface area (Å²) in [5.41, 5.74) is 0. The number of likely N-dealkylation sites (N-methyl/N-ethyl adjacent to an activating group) is 2. The quantitative estimate of drug-likeness (QED) is 0.270. The van der Waals surface area contributed by atoms with Gasteiger partial charge in [0.05, 0.1) is 6.54 Å². The van der Waals surface area contributed by atoms with Crippen LogP contribution in [0.3, 0.4) is 0 Å². The lowest BCUT2D eigenvalue weighted by Crippen LogP contribution is -2.35. The maximum absolute atomic E-state index is 11.0. The summed E-state index contributed by atoms with van der Waals surface area (Å²) in [5.74, 6) is 2.31. The molecular weight excluding hydrogens is 482 g/mol. The van der Waals surface area contributed by atoms with E-state index in [9.17, 15) is 19.2 Å². The van der Waals surface area contributed by atoms with Crippen LogP contribution < -0.4 is 0 Å². The smallest absolute Gasteiger partial charge is 0.418 e. The molecule has 0 saturated carbocycles. The Bertz CT molecular complexity index is 579. The molecule has 0 aromatic carbocycles. The fourth-order valence-corrected chi connectivity index (χ4v) is 3.00. The van der Waals surface area contributed by atoms with E-state index in [1.54, 1.807) is 23.9 Å². The molecule has 1 unspecified atom stereocenters. The summed E-state index contributed by atoms with van der Waals surface area (Å²) >= 11 is 1.39. The molecular formula is C26H57N3O6S. The molecule has 3 aliphatic rings. The van der Waals surface area contributed by atoms with Crippen molar-refractivity contribution in [3.05, 3.63) is 0 Å². The van der Waals surface area contributed by atoms with Gasteiger partial charge in [-0.05, 0) is 17.8 Å². The van der Waals surface area contributed by atoms with Crippen LogP contribution in [0, 0.1) is 17.8 Å². The lowest BCUT2D eigenvalue weighted by Gasteiger charge is -2.16. The fraction of sp³-hybridized carbons (Fsp3) is 0.846. The monoisotopic (exact) mass is 539 g/mol. The molecule has 0 spiro atoms. The predicted octanol–water partition coefficient (Wildman–Crippen LogP) is 6.71. The second-order valence-corrected chi connectivity index (χ2v) is 10.6. The lowest BCUT2D eigenvalue weighted by atomic mass is 10.1. The number of carbonyl (C=O) groups excluding carboxylic acids is 4. The van der Waals surface area contributed by atoms with Crippen molar-refractivity contribution in [2.75, 3.05) is 46.6 Å². The molecule has 0 bridgehead atoms. The zero-order chi connectivity index (χ0) is 26.3. The third-order valence-electron chi connectivity index (χ3n) is 3.69. The lowest BCUT2D eigenvalue weighted by molar-refractivity contribution is -0.136. The summed E-state index contributed by atoms with van der Waals surface area (Å²) in [7, 11) is 5.11. The molecule has 3 heterocycles. The molecule has 3 fully saturated rings. The molecule has 9 nitrogen and oxygen atoms in total. The summed E-state index contributed by atoms with van der Waals surface area (Å²) in [4.78, 5) is 47.1. The van der Waals surface area contributed by atoms with Crippen LogP contribution in [-0.2, 0) is 14.3 Å². The Kier molecular flexibility index (Phi) is 28.7. The van der Waals surface area contributed by atoms with Crippen molar-refractivity contribution in [3.8, 4) is 0 Å². The number of carbonyl (C=O) groups is 4. The first-order valence-electron chi connectivity index (χ1n) is 11.4. The minimum atomic E-state index is -0.548. The number of hydrogen-bond donors (Lipinski definition) is 0. The number of ether oxygens (including phenoxy) is 2. The van der Waals surface area contributed by atoms with Crippen LogP contribution in [0.4, 0.5) is 14.4 Å². The Hall–Kier alpha value is -1.97. The van der Waals surface area contributed by atoms with Crippen molar-refractivity contribution in [1.29, 1.82) is 0 Å². The first-order chi connectivity index (χ1) is 15.1. The van der Waals surface area contributed by atoms with E-state index < -0.39 is 18.1 Å². The molecule has 3 saturated heterocycles. The van der Waals surface area contributed by atoms with Gasteiger partial charge in [0.25, 0.3) is 5.24 Å². The predicted molar refractivity (Wildman–Crippen MR) is 154 cm³/mol. The summed E-state index contributed by atoms with van der Waals surface area (Å²) in [6.45, 7) is 19.0. The van der Waals surface area contributed by atoms with E-state index in [1.807, 2.05) is 20.9 Å². The van der Waals surface area contributed by atoms with E-state index in [1.165, 1.54) is 16.7 Å². The second-order valence-electron chi connectivity index (χ2n) is 9.52. The van der Waals surface area contributed by atoms with Crippen LogP contribution >= 0.6 is 11.8 Å². The van der Waals surface area contributed by atoms with Gasteiger partial charge in [0.1, 0.15) is 12.6 Å². The van der Waals surface area contributed by atoms with E-state index in [0.29, 0.717) is 6.61 Å². The summed E-state index contributed by atoms with van der Waals surface area (Å²) < 4.78 is 8.95. The van der Waals surface area contributed by atoms with E-state index in [4.69, 9.17) is 0 Å². The minimum Gasteiger partial charge on any atom is -0.448 e. The van der Waals surface area contributed by atoms with Crippen LogP contribution in [0.1, 0.15) is 77.7 Å². The Morgan fingerprint density at radius 3 is 1.31 bits per heavy atom. The van der Waals surface area contributed by atoms with Crippen molar-refractivity contribution in [3.63, 3.8) is 0 Å². The summed E-state index contributed by atoms with van der Waals surface area (Å²) in [5, 5.41) is 0.208. The maximum atomic E-state index is 11.0. The average Bonchev–Trinajstić information content (AvgIpc) is 3.29. The van der Waals surface area contributed by atoms with Gasteiger partial charge >= 0.3 is 18.2 Å². The number of esters is 1. The second kappa shape index (κ2) is 23.4. The van der Waals surface area contributed by atoms with Gasteiger partial charge in [-0.25, -0.2) is 14.4 Å². The zero-order valence-corrected chi connectivity index (χ0v) is 23.2. The molecule has 0 radical (unpaired) electrons. The van der Waals surface area contributed by atoms with Crippen molar-refractivity contribution in [2.45, 2.75) is 83.7 Å². The molecule has 3 rings (SSSR count). The first kappa shape index (κ1) is 44.1. The highest BCUT2D eigenvalue weighted by Crippen LogP contribution is 2.18. The van der Waals surface area contributed by atoms with Gasteiger partial charge in [0.2, 0.25) is 0 Å². The first-order valence-corrected chi connectivity index (χ1v) is 12.3. The molecule has 0 N–H and O–H groups in total. The van der Waals surface area contributed by atoms with Crippen molar-refractivity contribution < 1.29 is 28.7 Å². The van der Waals surface area contributed by atoms with Gasteiger partial charge in [0, 0.05) is 33.4 Å². The third-order valence-corrected chi connectivity index (χ3v) is 4.64. The van der Waals surface area contributed by atoms with Crippen molar-refractivity contribution in [1.82, 2.24) is 14.7 Å². The number of nitrogens with zero attached hydrogens (tertiary/aromatic N) is 3. The van der Waals surface area contributed by atoms with E-state index in [0.717, 1.165) is 30.7 Å². The maximum Gasteiger partial charge on any atom is 0.418 e. The standard InChI is InChI=1S/C7H11NO3.C4H7NO2.C4H7NOS.2C4H10.3CH4/c1-4(2)5-6(9)11-7(10)8(5)3;2*1-5-2-3-7-4(5)6;2*1-4(2)3;;;/h4-5H,1-3H3;2*2-3H2,1H3;2*4H,1-3H3;3*1H4. The Labute approximate surface area is 226 Å². The van der Waals surface area contributed by atoms with Crippen LogP contribution in [0.25, 0.3) is 0 Å². The molecule has 0 aliphatic carbocycles. The highest BCUT2D eigenvalue weighted by Gasteiger charge is 2.40. The average molecular weight is 540 g/mol. The Balaban J connectivity index is -0.000000115. The normalized spacial score (nSPS) is 17.6. The van der Waals surface area contributed by atoms with Crippen molar-refractivity contribution >= 4 is 35.2 Å². The molecule has 10 heteroatoms. The number of hydrogen-bond acceptors (Lipinski definition) is 7. The Morgan fingerprint density at radius 1 is 0.750 bits per heavy atom. The molecule has 0 aromatic rings. The van der Waals surface area contributed by atoms with E-state index in [2.05, 4.69) is 51.0 Å². The van der Waals surface area contributed by atoms with Gasteiger partial charge in [-0.3, -0.25) is 9.69 Å². The largest absolute Gasteiger partial charge is 0.448 e. The van der Waals surface area contributed by atoms with Crippen LogP contribution in [0.2, 0.25) is 0 Å². The van der Waals surface area contributed by atoms with Crippen LogP contribution in [0.15, 0.2) is 0 Å². The zero-order valence-electron chi connectivity index (χ0n) is 22.3. The van der Waals surface area contributed by atoms with Gasteiger partial charge in [0.15, 0.2) is 0 Å². The van der Waals surface area contributed by atoms with Crippen LogP contribution in [0.5, 0.6) is 0 Å². The van der Waals surface area contributed by atoms with E-state index >= 15 is 0 Å². The van der Waals surface area contributed by atoms with Crippen molar-refractivity contribution in [2.24, 2.45) is 17.8 Å². The highest BCUT2D eigenvalue weighted by atomic mass is 32.2. The van der Waals surface area contributed by atoms with Gasteiger partial charge in [-0.1, -0.05) is 89.4 Å². The topological polar surface area (TPSA) is 96.5 Å². The summed E-state index contributed by atoms with van der Waals surface area (Å²) in [6.07, 6.45) is -0.756. The summed E-state index contributed by atoms with van der Waals surface area (Å²) in [6, 6.07) is -0.400.